The highest BCUT2D eigenvalue weighted by molar-refractivity contribution is 7.98. The Morgan fingerprint density at radius 1 is 1.16 bits per heavy atom. The Labute approximate surface area is 122 Å². The molecule has 2 rings (SSSR count). The molecule has 0 spiro atoms. The van der Waals surface area contributed by atoms with Crippen LogP contribution in [-0.4, -0.2) is 18.0 Å². The van der Waals surface area contributed by atoms with Crippen LogP contribution in [0.3, 0.4) is 0 Å². The molecule has 0 fully saturated rings. The molecule has 0 saturated heterocycles. The van der Waals surface area contributed by atoms with E-state index in [1.807, 2.05) is 18.2 Å². The van der Waals surface area contributed by atoms with Gasteiger partial charge in [0.2, 0.25) is 0 Å². The summed E-state index contributed by atoms with van der Waals surface area (Å²) in [6.07, 6.45) is 2.08. The predicted octanol–water partition coefficient (Wildman–Crippen LogP) is 4.30. The lowest BCUT2D eigenvalue weighted by Gasteiger charge is -2.07. The van der Waals surface area contributed by atoms with Crippen molar-refractivity contribution in [1.82, 2.24) is 0 Å². The van der Waals surface area contributed by atoms with E-state index in [-0.39, 0.29) is 5.88 Å². The molecule has 4 heteroatoms. The van der Waals surface area contributed by atoms with Crippen LogP contribution in [0.2, 0.25) is 0 Å². The van der Waals surface area contributed by atoms with Crippen LogP contribution in [0, 0.1) is 0 Å². The summed E-state index contributed by atoms with van der Waals surface area (Å²) >= 11 is 7.35. The molecule has 0 heterocycles. The van der Waals surface area contributed by atoms with Gasteiger partial charge in [-0.15, -0.1) is 23.4 Å². The second kappa shape index (κ2) is 6.64. The molecular formula is C15H15ClN2S. The largest absolute Gasteiger partial charge is 0.386 e. The minimum atomic E-state index is 0.247. The first-order valence-corrected chi connectivity index (χ1v) is 7.63. The van der Waals surface area contributed by atoms with Crippen molar-refractivity contribution in [3.8, 4) is 11.1 Å². The first-order chi connectivity index (χ1) is 9.24. The summed E-state index contributed by atoms with van der Waals surface area (Å²) in [5, 5.41) is 0. The maximum Gasteiger partial charge on any atom is 0.115 e. The summed E-state index contributed by atoms with van der Waals surface area (Å²) in [5.41, 5.74) is 8.84. The smallest absolute Gasteiger partial charge is 0.115 e. The van der Waals surface area contributed by atoms with Crippen molar-refractivity contribution in [2.45, 2.75) is 4.90 Å². The van der Waals surface area contributed by atoms with E-state index in [2.05, 4.69) is 41.6 Å². The zero-order chi connectivity index (χ0) is 13.7. The van der Waals surface area contributed by atoms with Gasteiger partial charge in [-0.2, -0.15) is 0 Å². The van der Waals surface area contributed by atoms with E-state index in [1.165, 1.54) is 16.0 Å². The number of hydrogen-bond donors (Lipinski definition) is 1. The summed E-state index contributed by atoms with van der Waals surface area (Å²) in [6, 6.07) is 16.3. The SMILES string of the molecule is CSc1ccccc1-c1ccc(N=C(N)CCl)cc1. The highest BCUT2D eigenvalue weighted by Gasteiger charge is 2.03. The van der Waals surface area contributed by atoms with Crippen LogP contribution in [-0.2, 0) is 0 Å². The molecule has 2 nitrogen and oxygen atoms in total. The Hall–Kier alpha value is -1.45. The van der Waals surface area contributed by atoms with Gasteiger partial charge in [0.15, 0.2) is 0 Å². The molecule has 0 saturated carbocycles. The summed E-state index contributed by atoms with van der Waals surface area (Å²) in [4.78, 5) is 5.48. The van der Waals surface area contributed by atoms with Gasteiger partial charge in [0.25, 0.3) is 0 Å². The highest BCUT2D eigenvalue weighted by atomic mass is 35.5. The number of alkyl halides is 1. The van der Waals surface area contributed by atoms with Crippen LogP contribution in [0.1, 0.15) is 0 Å². The number of rotatable bonds is 4. The van der Waals surface area contributed by atoms with Crippen molar-refractivity contribution >= 4 is 34.9 Å². The predicted molar refractivity (Wildman–Crippen MR) is 85.7 cm³/mol. The van der Waals surface area contributed by atoms with Gasteiger partial charge >= 0.3 is 0 Å². The van der Waals surface area contributed by atoms with Gasteiger partial charge in [0, 0.05) is 4.90 Å². The van der Waals surface area contributed by atoms with Crippen molar-refractivity contribution in [3.05, 3.63) is 48.5 Å². The monoisotopic (exact) mass is 290 g/mol. The quantitative estimate of drug-likeness (QED) is 0.394. The lowest BCUT2D eigenvalue weighted by atomic mass is 10.1. The molecule has 19 heavy (non-hydrogen) atoms. The summed E-state index contributed by atoms with van der Waals surface area (Å²) < 4.78 is 0. The van der Waals surface area contributed by atoms with E-state index in [0.717, 1.165) is 5.69 Å². The van der Waals surface area contributed by atoms with Crippen LogP contribution in [0.15, 0.2) is 58.4 Å². The third-order valence-electron chi connectivity index (χ3n) is 2.69. The molecule has 0 aliphatic heterocycles. The van der Waals surface area contributed by atoms with E-state index < -0.39 is 0 Å². The Kier molecular flexibility index (Phi) is 4.88. The fraction of sp³-hybridized carbons (Fsp3) is 0.133. The number of aliphatic imine (C=N–C) groups is 1. The lowest BCUT2D eigenvalue weighted by molar-refractivity contribution is 1.42. The maximum atomic E-state index is 5.61. The first-order valence-electron chi connectivity index (χ1n) is 5.87. The molecular weight excluding hydrogens is 276 g/mol. The molecule has 0 unspecified atom stereocenters. The summed E-state index contributed by atoms with van der Waals surface area (Å²) in [6.45, 7) is 0. The van der Waals surface area contributed by atoms with Crippen LogP contribution in [0.5, 0.6) is 0 Å². The van der Waals surface area contributed by atoms with Gasteiger partial charge < -0.3 is 5.73 Å². The average molecular weight is 291 g/mol. The van der Waals surface area contributed by atoms with Crippen molar-refractivity contribution in [2.75, 3.05) is 12.1 Å². The molecule has 2 aromatic carbocycles. The third kappa shape index (κ3) is 3.52. The van der Waals surface area contributed by atoms with Crippen LogP contribution >= 0.6 is 23.4 Å². The molecule has 2 N–H and O–H groups in total. The Morgan fingerprint density at radius 3 is 2.47 bits per heavy atom. The minimum absolute atomic E-state index is 0.247. The van der Waals surface area contributed by atoms with Crippen molar-refractivity contribution in [2.24, 2.45) is 10.7 Å². The van der Waals surface area contributed by atoms with E-state index in [9.17, 15) is 0 Å². The standard InChI is InChI=1S/C15H15ClN2S/c1-19-14-5-3-2-4-13(14)11-6-8-12(9-7-11)18-15(17)10-16/h2-9H,10H2,1H3,(H2,17,18). The Morgan fingerprint density at radius 2 is 1.84 bits per heavy atom. The van der Waals surface area contributed by atoms with Crippen molar-refractivity contribution in [1.29, 1.82) is 0 Å². The normalized spacial score (nSPS) is 11.6. The van der Waals surface area contributed by atoms with Crippen molar-refractivity contribution < 1.29 is 0 Å². The van der Waals surface area contributed by atoms with E-state index in [1.54, 1.807) is 11.8 Å². The molecule has 0 aliphatic rings. The highest BCUT2D eigenvalue weighted by Crippen LogP contribution is 2.30. The summed E-state index contributed by atoms with van der Waals surface area (Å²) in [7, 11) is 0. The molecule has 0 aromatic heterocycles. The van der Waals surface area contributed by atoms with Gasteiger partial charge in [0.05, 0.1) is 11.6 Å². The Bertz CT molecular complexity index is 579. The topological polar surface area (TPSA) is 38.4 Å². The number of halogens is 1. The van der Waals surface area contributed by atoms with Crippen molar-refractivity contribution in [3.63, 3.8) is 0 Å². The second-order valence-electron chi connectivity index (χ2n) is 3.98. The summed E-state index contributed by atoms with van der Waals surface area (Å²) in [5.74, 6) is 0.677. The fourth-order valence-corrected chi connectivity index (χ4v) is 2.47. The van der Waals surface area contributed by atoms with Gasteiger partial charge in [-0.25, -0.2) is 4.99 Å². The van der Waals surface area contributed by atoms with Crippen LogP contribution in [0.25, 0.3) is 11.1 Å². The third-order valence-corrected chi connectivity index (χ3v) is 3.76. The fourth-order valence-electron chi connectivity index (χ4n) is 1.79. The number of nitrogens with zero attached hydrogens (tertiary/aromatic N) is 1. The zero-order valence-electron chi connectivity index (χ0n) is 10.6. The van der Waals surface area contributed by atoms with E-state index >= 15 is 0 Å². The zero-order valence-corrected chi connectivity index (χ0v) is 12.2. The molecule has 0 atom stereocenters. The van der Waals surface area contributed by atoms with Crippen LogP contribution in [0.4, 0.5) is 5.69 Å². The number of benzene rings is 2. The lowest BCUT2D eigenvalue weighted by Crippen LogP contribution is -2.12. The molecule has 0 bridgehead atoms. The molecule has 0 radical (unpaired) electrons. The van der Waals surface area contributed by atoms with Gasteiger partial charge in [-0.05, 0) is 35.6 Å². The Balaban J connectivity index is 2.32. The average Bonchev–Trinajstić information content (AvgIpc) is 2.48. The molecule has 2 aromatic rings. The molecule has 0 aliphatic carbocycles. The van der Waals surface area contributed by atoms with Gasteiger partial charge in [0.1, 0.15) is 5.84 Å². The van der Waals surface area contributed by atoms with Gasteiger partial charge in [-0.3, -0.25) is 0 Å². The maximum absolute atomic E-state index is 5.61. The first kappa shape index (κ1) is 14.0. The number of thioether (sulfide) groups is 1. The number of nitrogens with two attached hydrogens (primary N) is 1. The molecule has 0 amide bonds. The number of hydrogen-bond acceptors (Lipinski definition) is 2. The van der Waals surface area contributed by atoms with Crippen LogP contribution < -0.4 is 5.73 Å². The molecule has 98 valence electrons. The van der Waals surface area contributed by atoms with Gasteiger partial charge in [-0.1, -0.05) is 30.3 Å². The minimum Gasteiger partial charge on any atom is -0.386 e. The number of amidine groups is 1. The van der Waals surface area contributed by atoms with E-state index in [0.29, 0.717) is 5.84 Å². The van der Waals surface area contributed by atoms with E-state index in [4.69, 9.17) is 17.3 Å². The second-order valence-corrected chi connectivity index (χ2v) is 5.10.